The molecule has 0 spiro atoms. The summed E-state index contributed by atoms with van der Waals surface area (Å²) in [4.78, 5) is 26.2. The van der Waals surface area contributed by atoms with E-state index in [1.165, 1.54) is 5.56 Å². The van der Waals surface area contributed by atoms with Crippen molar-refractivity contribution in [3.63, 3.8) is 0 Å². The van der Waals surface area contributed by atoms with Crippen LogP contribution in [0.2, 0.25) is 0 Å². The average Bonchev–Trinajstić information content (AvgIpc) is 3.09. The Balaban J connectivity index is 1.71. The number of pyridine rings is 2. The summed E-state index contributed by atoms with van der Waals surface area (Å²) in [6.07, 6.45) is 7.27. The number of amides is 1. The van der Waals surface area contributed by atoms with E-state index in [1.807, 2.05) is 43.4 Å². The fourth-order valence-electron chi connectivity index (χ4n) is 3.69. The second kappa shape index (κ2) is 6.35. The van der Waals surface area contributed by atoms with Gasteiger partial charge >= 0.3 is 6.09 Å². The zero-order chi connectivity index (χ0) is 17.4. The molecule has 25 heavy (non-hydrogen) atoms. The Labute approximate surface area is 146 Å². The van der Waals surface area contributed by atoms with Crippen LogP contribution in [0.4, 0.5) is 4.79 Å². The van der Waals surface area contributed by atoms with Gasteiger partial charge in [0.25, 0.3) is 0 Å². The van der Waals surface area contributed by atoms with Crippen molar-refractivity contribution in [3.8, 4) is 0 Å². The maximum Gasteiger partial charge on any atom is 0.410 e. The van der Waals surface area contributed by atoms with Gasteiger partial charge in [-0.05, 0) is 44.4 Å². The van der Waals surface area contributed by atoms with Gasteiger partial charge in [-0.25, -0.2) is 9.78 Å². The van der Waals surface area contributed by atoms with Gasteiger partial charge in [0.2, 0.25) is 0 Å². The SMILES string of the molecule is CC(C)OC(=O)N1CCCC(c2ccnc3cnc4[nH]ccc4c23)C1. The predicted octanol–water partition coefficient (Wildman–Crippen LogP) is 3.84. The number of hydrogen-bond donors (Lipinski definition) is 1. The number of nitrogens with zero attached hydrogens (tertiary/aromatic N) is 3. The molecule has 1 fully saturated rings. The third kappa shape index (κ3) is 2.92. The Hall–Kier alpha value is -2.63. The molecule has 0 bridgehead atoms. The fraction of sp³-hybridized carbons (Fsp3) is 0.421. The molecule has 1 atom stereocenters. The molecule has 3 aromatic heterocycles. The number of carbonyl (C=O) groups is 1. The molecule has 1 aliphatic heterocycles. The van der Waals surface area contributed by atoms with Crippen LogP contribution in [0.15, 0.2) is 30.7 Å². The Kier molecular flexibility index (Phi) is 4.03. The van der Waals surface area contributed by atoms with E-state index in [0.29, 0.717) is 6.54 Å². The molecular formula is C19H22N4O2. The fourth-order valence-corrected chi connectivity index (χ4v) is 3.69. The van der Waals surface area contributed by atoms with E-state index in [9.17, 15) is 4.79 Å². The topological polar surface area (TPSA) is 71.1 Å². The van der Waals surface area contributed by atoms with E-state index < -0.39 is 0 Å². The van der Waals surface area contributed by atoms with Crippen LogP contribution in [-0.4, -0.2) is 45.1 Å². The quantitative estimate of drug-likeness (QED) is 0.771. The maximum atomic E-state index is 12.3. The number of fused-ring (bicyclic) bond motifs is 3. The molecule has 130 valence electrons. The van der Waals surface area contributed by atoms with Gasteiger partial charge < -0.3 is 14.6 Å². The predicted molar refractivity (Wildman–Crippen MR) is 96.6 cm³/mol. The summed E-state index contributed by atoms with van der Waals surface area (Å²) < 4.78 is 5.38. The lowest BCUT2D eigenvalue weighted by Gasteiger charge is -2.33. The second-order valence-electron chi connectivity index (χ2n) is 6.88. The lowest BCUT2D eigenvalue weighted by molar-refractivity contribution is 0.0682. The average molecular weight is 338 g/mol. The van der Waals surface area contributed by atoms with Crippen molar-refractivity contribution in [2.24, 2.45) is 0 Å². The van der Waals surface area contributed by atoms with Crippen LogP contribution in [0.5, 0.6) is 0 Å². The highest BCUT2D eigenvalue weighted by Gasteiger charge is 2.27. The van der Waals surface area contributed by atoms with Crippen molar-refractivity contribution in [2.75, 3.05) is 13.1 Å². The van der Waals surface area contributed by atoms with Gasteiger partial charge in [-0.2, -0.15) is 0 Å². The summed E-state index contributed by atoms with van der Waals surface area (Å²) in [5.41, 5.74) is 3.00. The van der Waals surface area contributed by atoms with Gasteiger partial charge in [0, 0.05) is 42.2 Å². The molecule has 1 N–H and O–H groups in total. The van der Waals surface area contributed by atoms with Crippen LogP contribution in [0.1, 0.15) is 38.2 Å². The minimum atomic E-state index is -0.216. The molecular weight excluding hydrogens is 316 g/mol. The Morgan fingerprint density at radius 2 is 2.24 bits per heavy atom. The van der Waals surface area contributed by atoms with Crippen LogP contribution < -0.4 is 0 Å². The molecule has 1 unspecified atom stereocenters. The van der Waals surface area contributed by atoms with E-state index in [0.717, 1.165) is 41.3 Å². The van der Waals surface area contributed by atoms with Crippen molar-refractivity contribution in [1.29, 1.82) is 0 Å². The molecule has 4 heterocycles. The zero-order valence-electron chi connectivity index (χ0n) is 14.5. The second-order valence-corrected chi connectivity index (χ2v) is 6.88. The summed E-state index contributed by atoms with van der Waals surface area (Å²) >= 11 is 0. The van der Waals surface area contributed by atoms with Crippen LogP contribution >= 0.6 is 0 Å². The monoisotopic (exact) mass is 338 g/mol. The molecule has 0 aliphatic carbocycles. The Morgan fingerprint density at radius 3 is 3.08 bits per heavy atom. The number of ether oxygens (including phenoxy) is 1. The molecule has 0 saturated carbocycles. The number of aromatic nitrogens is 3. The summed E-state index contributed by atoms with van der Waals surface area (Å²) in [6, 6.07) is 4.13. The first-order valence-electron chi connectivity index (χ1n) is 8.79. The summed E-state index contributed by atoms with van der Waals surface area (Å²) in [7, 11) is 0. The normalized spacial score (nSPS) is 18.2. The Bertz CT molecular complexity index is 918. The standard InChI is InChI=1S/C19H22N4O2/c1-12(2)25-19(24)23-9-3-4-13(11-23)14-5-7-20-16-10-22-18-15(17(14)16)6-8-21-18/h5-8,10,12-13H,3-4,9,11H2,1-2H3,(H,21,22). The minimum Gasteiger partial charge on any atom is -0.447 e. The van der Waals surface area contributed by atoms with E-state index >= 15 is 0 Å². The third-order valence-corrected chi connectivity index (χ3v) is 4.78. The molecule has 6 nitrogen and oxygen atoms in total. The summed E-state index contributed by atoms with van der Waals surface area (Å²) in [6.45, 7) is 5.20. The number of aromatic amines is 1. The smallest absolute Gasteiger partial charge is 0.410 e. The van der Waals surface area contributed by atoms with Gasteiger partial charge in [0.1, 0.15) is 5.65 Å². The van der Waals surface area contributed by atoms with Crippen LogP contribution in [-0.2, 0) is 4.74 Å². The van der Waals surface area contributed by atoms with Gasteiger partial charge in [-0.15, -0.1) is 0 Å². The highest BCUT2D eigenvalue weighted by atomic mass is 16.6. The molecule has 1 aliphatic rings. The molecule has 0 aromatic carbocycles. The number of carbonyl (C=O) groups excluding carboxylic acids is 1. The molecule has 6 heteroatoms. The highest BCUT2D eigenvalue weighted by molar-refractivity contribution is 6.05. The van der Waals surface area contributed by atoms with Crippen LogP contribution in [0, 0.1) is 0 Å². The first kappa shape index (κ1) is 15.9. The Morgan fingerprint density at radius 1 is 1.36 bits per heavy atom. The van der Waals surface area contributed by atoms with Crippen molar-refractivity contribution in [1.82, 2.24) is 19.9 Å². The van der Waals surface area contributed by atoms with E-state index in [-0.39, 0.29) is 18.1 Å². The first-order valence-corrected chi connectivity index (χ1v) is 8.79. The lowest BCUT2D eigenvalue weighted by atomic mass is 9.88. The molecule has 3 aromatic rings. The third-order valence-electron chi connectivity index (χ3n) is 4.78. The van der Waals surface area contributed by atoms with E-state index in [1.54, 1.807) is 0 Å². The van der Waals surface area contributed by atoms with Gasteiger partial charge in [-0.1, -0.05) is 0 Å². The molecule has 0 radical (unpaired) electrons. The number of likely N-dealkylation sites (tertiary alicyclic amines) is 1. The van der Waals surface area contributed by atoms with E-state index in [2.05, 4.69) is 21.0 Å². The largest absolute Gasteiger partial charge is 0.447 e. The van der Waals surface area contributed by atoms with Crippen molar-refractivity contribution in [3.05, 3.63) is 36.3 Å². The van der Waals surface area contributed by atoms with Crippen molar-refractivity contribution < 1.29 is 9.53 Å². The number of rotatable bonds is 2. The first-order chi connectivity index (χ1) is 12.1. The van der Waals surface area contributed by atoms with Crippen molar-refractivity contribution >= 4 is 28.0 Å². The number of piperidine rings is 1. The number of H-pyrrole nitrogens is 1. The minimum absolute atomic E-state index is 0.0970. The van der Waals surface area contributed by atoms with Gasteiger partial charge in [-0.3, -0.25) is 4.98 Å². The van der Waals surface area contributed by atoms with Gasteiger partial charge in [0.05, 0.1) is 17.8 Å². The maximum absolute atomic E-state index is 12.3. The molecule has 4 rings (SSSR count). The van der Waals surface area contributed by atoms with Gasteiger partial charge in [0.15, 0.2) is 0 Å². The number of hydrogen-bond acceptors (Lipinski definition) is 4. The molecule has 1 amide bonds. The lowest BCUT2D eigenvalue weighted by Crippen LogP contribution is -2.40. The van der Waals surface area contributed by atoms with E-state index in [4.69, 9.17) is 4.74 Å². The van der Waals surface area contributed by atoms with Crippen molar-refractivity contribution in [2.45, 2.75) is 38.7 Å². The number of nitrogens with one attached hydrogen (secondary N) is 1. The molecule has 1 saturated heterocycles. The highest BCUT2D eigenvalue weighted by Crippen LogP contribution is 2.34. The summed E-state index contributed by atoms with van der Waals surface area (Å²) in [5.74, 6) is 0.277. The summed E-state index contributed by atoms with van der Waals surface area (Å²) in [5, 5.41) is 2.22. The van der Waals surface area contributed by atoms with Crippen LogP contribution in [0.3, 0.4) is 0 Å². The van der Waals surface area contributed by atoms with Crippen LogP contribution in [0.25, 0.3) is 21.9 Å². The zero-order valence-corrected chi connectivity index (χ0v) is 14.5.